The van der Waals surface area contributed by atoms with Crippen LogP contribution in [0.25, 0.3) is 0 Å². The minimum absolute atomic E-state index is 0.00202. The van der Waals surface area contributed by atoms with Crippen molar-refractivity contribution >= 4 is 5.97 Å². The monoisotopic (exact) mass is 285 g/mol. The molecule has 0 spiro atoms. The Balaban J connectivity index is 2.29. The van der Waals surface area contributed by atoms with Gasteiger partial charge in [-0.2, -0.15) is 0 Å². The van der Waals surface area contributed by atoms with Crippen LogP contribution in [0.15, 0.2) is 60.7 Å². The molecule has 5 nitrogen and oxygen atoms in total. The van der Waals surface area contributed by atoms with Crippen molar-refractivity contribution in [3.05, 3.63) is 71.8 Å². The average molecular weight is 285 g/mol. The largest absolute Gasteiger partial charge is 0.848 e. The molecule has 0 bridgehead atoms. The van der Waals surface area contributed by atoms with Crippen LogP contribution in [-0.4, -0.2) is 22.5 Å². The molecule has 0 aliphatic heterocycles. The second-order valence-electron chi connectivity index (χ2n) is 4.68. The SMILES string of the molecule is O=C(O)CN(Cc1ccccc1)C([O-])([O-])c1ccccc1. The molecule has 0 aliphatic carbocycles. The topological polar surface area (TPSA) is 86.7 Å². The Labute approximate surface area is 122 Å². The highest BCUT2D eigenvalue weighted by atomic mass is 16.5. The van der Waals surface area contributed by atoms with Crippen LogP contribution < -0.4 is 10.2 Å². The number of carbonyl (C=O) groups is 1. The first kappa shape index (κ1) is 15.2. The molecule has 1 N–H and O–H groups in total. The molecule has 0 saturated heterocycles. The van der Waals surface area contributed by atoms with Gasteiger partial charge in [-0.1, -0.05) is 66.2 Å². The lowest BCUT2D eigenvalue weighted by molar-refractivity contribution is -0.771. The van der Waals surface area contributed by atoms with Gasteiger partial charge in [-0.25, -0.2) is 0 Å². The summed E-state index contributed by atoms with van der Waals surface area (Å²) in [6, 6.07) is 16.5. The third-order valence-electron chi connectivity index (χ3n) is 3.10. The maximum Gasteiger partial charge on any atom is 0.317 e. The van der Waals surface area contributed by atoms with Crippen LogP contribution in [0.5, 0.6) is 0 Å². The van der Waals surface area contributed by atoms with Gasteiger partial charge in [-0.15, -0.1) is 5.91 Å². The van der Waals surface area contributed by atoms with Crippen molar-refractivity contribution < 1.29 is 20.1 Å². The molecule has 2 aromatic rings. The Morgan fingerprint density at radius 2 is 1.52 bits per heavy atom. The van der Waals surface area contributed by atoms with E-state index in [0.717, 1.165) is 4.90 Å². The molecule has 5 heteroatoms. The highest BCUT2D eigenvalue weighted by molar-refractivity contribution is 5.69. The zero-order valence-electron chi connectivity index (χ0n) is 11.3. The number of carboxylic acid groups (broad SMARTS) is 1. The molecule has 110 valence electrons. The van der Waals surface area contributed by atoms with Gasteiger partial charge in [-0.3, -0.25) is 4.79 Å². The quantitative estimate of drug-likeness (QED) is 0.761. The van der Waals surface area contributed by atoms with Gasteiger partial charge in [0.2, 0.25) is 0 Å². The van der Waals surface area contributed by atoms with Gasteiger partial charge in [0.1, 0.15) is 0 Å². The van der Waals surface area contributed by atoms with Crippen molar-refractivity contribution in [1.29, 1.82) is 0 Å². The summed E-state index contributed by atoms with van der Waals surface area (Å²) in [5.74, 6) is -4.06. The van der Waals surface area contributed by atoms with Gasteiger partial charge < -0.3 is 20.2 Å². The lowest BCUT2D eigenvalue weighted by atomic mass is 10.1. The van der Waals surface area contributed by atoms with Crippen LogP contribution >= 0.6 is 0 Å². The standard InChI is InChI=1S/C16H15NO4/c18-15(19)12-17(11-13-7-3-1-4-8-13)16(20,21)14-9-5-2-6-10-14/h1-10H,11-12H2,(H,18,19)/q-2. The molecule has 0 atom stereocenters. The molecular weight excluding hydrogens is 270 g/mol. The van der Waals surface area contributed by atoms with Crippen molar-refractivity contribution in [2.75, 3.05) is 6.54 Å². The first-order valence-corrected chi connectivity index (χ1v) is 6.47. The number of hydrogen-bond acceptors (Lipinski definition) is 4. The van der Waals surface area contributed by atoms with Crippen LogP contribution in [-0.2, 0) is 17.3 Å². The lowest BCUT2D eigenvalue weighted by Gasteiger charge is -2.57. The molecule has 21 heavy (non-hydrogen) atoms. The fourth-order valence-electron chi connectivity index (χ4n) is 2.06. The van der Waals surface area contributed by atoms with Gasteiger partial charge >= 0.3 is 5.97 Å². The number of benzene rings is 2. The molecule has 0 unspecified atom stereocenters. The van der Waals surface area contributed by atoms with Crippen molar-refractivity contribution in [1.82, 2.24) is 4.90 Å². The number of aliphatic carboxylic acids is 1. The predicted molar refractivity (Wildman–Crippen MR) is 72.6 cm³/mol. The van der Waals surface area contributed by atoms with E-state index < -0.39 is 18.4 Å². The second kappa shape index (κ2) is 6.49. The van der Waals surface area contributed by atoms with E-state index >= 15 is 0 Å². The van der Waals surface area contributed by atoms with Gasteiger partial charge in [-0.05, 0) is 5.56 Å². The molecule has 0 fully saturated rings. The first-order valence-electron chi connectivity index (χ1n) is 6.47. The molecule has 0 radical (unpaired) electrons. The van der Waals surface area contributed by atoms with Gasteiger partial charge in [0, 0.05) is 6.54 Å². The first-order chi connectivity index (χ1) is 10.00. The van der Waals surface area contributed by atoms with Crippen molar-refractivity contribution in [2.24, 2.45) is 0 Å². The van der Waals surface area contributed by atoms with E-state index in [2.05, 4.69) is 0 Å². The molecule has 0 amide bonds. The van der Waals surface area contributed by atoms with E-state index in [1.54, 1.807) is 42.5 Å². The summed E-state index contributed by atoms with van der Waals surface area (Å²) in [4.78, 5) is 11.8. The van der Waals surface area contributed by atoms with Crippen molar-refractivity contribution in [2.45, 2.75) is 12.5 Å². The normalized spacial score (nSPS) is 11.6. The van der Waals surface area contributed by atoms with E-state index in [1.807, 2.05) is 6.07 Å². The Kier molecular flexibility index (Phi) is 4.70. The second-order valence-corrected chi connectivity index (χ2v) is 4.68. The van der Waals surface area contributed by atoms with E-state index in [0.29, 0.717) is 5.56 Å². The zero-order valence-corrected chi connectivity index (χ0v) is 11.3. The summed E-state index contributed by atoms with van der Waals surface area (Å²) in [5.41, 5.74) is 0.716. The van der Waals surface area contributed by atoms with Crippen LogP contribution in [0.1, 0.15) is 11.1 Å². The smallest absolute Gasteiger partial charge is 0.317 e. The van der Waals surface area contributed by atoms with Gasteiger partial charge in [0.05, 0.1) is 6.54 Å². The van der Waals surface area contributed by atoms with Crippen LogP contribution in [0.2, 0.25) is 0 Å². The molecule has 0 heterocycles. The Morgan fingerprint density at radius 3 is 2.05 bits per heavy atom. The fourth-order valence-corrected chi connectivity index (χ4v) is 2.06. The minimum atomic E-state index is -2.85. The average Bonchev–Trinajstić information content (AvgIpc) is 2.48. The van der Waals surface area contributed by atoms with Crippen LogP contribution in [0.3, 0.4) is 0 Å². The Morgan fingerprint density at radius 1 is 1.00 bits per heavy atom. The molecule has 0 aromatic heterocycles. The molecule has 2 rings (SSSR count). The number of carboxylic acids is 1. The molecular formula is C16H15NO4-2. The summed E-state index contributed by atoms with van der Waals surface area (Å²) < 4.78 is 0. The highest BCUT2D eigenvalue weighted by Gasteiger charge is 2.18. The third-order valence-corrected chi connectivity index (χ3v) is 3.10. The van der Waals surface area contributed by atoms with E-state index in [4.69, 9.17) is 5.11 Å². The Hall–Kier alpha value is -2.21. The van der Waals surface area contributed by atoms with Gasteiger partial charge in [0.15, 0.2) is 0 Å². The van der Waals surface area contributed by atoms with Crippen LogP contribution in [0, 0.1) is 0 Å². The number of rotatable bonds is 6. The minimum Gasteiger partial charge on any atom is -0.848 e. The molecule has 0 aliphatic rings. The predicted octanol–water partition coefficient (Wildman–Crippen LogP) is 0.104. The van der Waals surface area contributed by atoms with Crippen LogP contribution in [0.4, 0.5) is 0 Å². The maximum absolute atomic E-state index is 12.5. The Bertz CT molecular complexity index is 584. The van der Waals surface area contributed by atoms with Gasteiger partial charge in [0.25, 0.3) is 0 Å². The zero-order chi connectivity index (χ0) is 15.3. The van der Waals surface area contributed by atoms with Crippen molar-refractivity contribution in [3.8, 4) is 0 Å². The lowest BCUT2D eigenvalue weighted by Crippen LogP contribution is -2.65. The third kappa shape index (κ3) is 3.88. The van der Waals surface area contributed by atoms with Crippen molar-refractivity contribution in [3.63, 3.8) is 0 Å². The summed E-state index contributed by atoms with van der Waals surface area (Å²) in [6.45, 7) is -0.633. The summed E-state index contributed by atoms with van der Waals surface area (Å²) in [6.07, 6.45) is 0. The van der Waals surface area contributed by atoms with E-state index in [1.165, 1.54) is 12.1 Å². The molecule has 0 saturated carbocycles. The number of nitrogens with zero attached hydrogens (tertiary/aromatic N) is 1. The van der Waals surface area contributed by atoms with E-state index in [9.17, 15) is 15.0 Å². The summed E-state index contributed by atoms with van der Waals surface area (Å²) >= 11 is 0. The summed E-state index contributed by atoms with van der Waals surface area (Å²) in [5, 5.41) is 33.9. The molecule has 2 aromatic carbocycles. The van der Waals surface area contributed by atoms with E-state index in [-0.39, 0.29) is 12.1 Å². The number of hydrogen-bond donors (Lipinski definition) is 1. The summed E-state index contributed by atoms with van der Waals surface area (Å²) in [7, 11) is 0. The fraction of sp³-hybridized carbons (Fsp3) is 0.188. The maximum atomic E-state index is 12.5. The highest BCUT2D eigenvalue weighted by Crippen LogP contribution is 2.19.